The van der Waals surface area contributed by atoms with Gasteiger partial charge in [0.1, 0.15) is 11.2 Å². The van der Waals surface area contributed by atoms with Gasteiger partial charge in [-0.25, -0.2) is 0 Å². The van der Waals surface area contributed by atoms with E-state index in [9.17, 15) is 0 Å². The first kappa shape index (κ1) is 80.9. The lowest BCUT2D eigenvalue weighted by Gasteiger charge is -2.15. The molecule has 0 saturated carbocycles. The highest BCUT2D eigenvalue weighted by Gasteiger charge is 2.24. The maximum absolute atomic E-state index is 6.10. The normalized spacial score (nSPS) is 11.6. The minimum absolute atomic E-state index is 0.915. The van der Waals surface area contributed by atoms with Gasteiger partial charge in [-0.05, 0) is 205 Å². The third-order valence-corrected chi connectivity index (χ3v) is 29.0. The maximum Gasteiger partial charge on any atom is 0.135 e. The number of furan rings is 1. The van der Waals surface area contributed by atoms with Crippen LogP contribution in [0.15, 0.2) is 526 Å². The van der Waals surface area contributed by atoms with Crippen LogP contribution in [0.4, 0.5) is 0 Å². The van der Waals surface area contributed by atoms with Crippen LogP contribution in [0.1, 0.15) is 0 Å². The van der Waals surface area contributed by atoms with Crippen LogP contribution < -0.4 is 0 Å². The summed E-state index contributed by atoms with van der Waals surface area (Å²) in [6, 6.07) is 189. The van der Waals surface area contributed by atoms with Crippen molar-refractivity contribution in [1.82, 2.24) is 18.3 Å². The smallest absolute Gasteiger partial charge is 0.135 e. The van der Waals surface area contributed by atoms with Gasteiger partial charge in [0, 0.05) is 96.4 Å². The number of fused-ring (bicyclic) bond motifs is 18. The van der Waals surface area contributed by atoms with Gasteiger partial charge in [-0.1, -0.05) is 400 Å². The molecule has 0 aliphatic rings. The van der Waals surface area contributed by atoms with Crippen molar-refractivity contribution >= 4 is 141 Å². The van der Waals surface area contributed by atoms with Gasteiger partial charge in [-0.3, -0.25) is 0 Å². The van der Waals surface area contributed by atoms with Crippen molar-refractivity contribution in [2.45, 2.75) is 0 Å². The average molecular weight is 1780 g/mol. The zero-order valence-corrected chi connectivity index (χ0v) is 76.1. The second kappa shape index (κ2) is 34.3. The molecule has 0 aliphatic heterocycles. The summed E-state index contributed by atoms with van der Waals surface area (Å²) in [4.78, 5) is 0. The van der Waals surface area contributed by atoms with E-state index in [1.165, 1.54) is 225 Å². The molecule has 138 heavy (non-hydrogen) atoms. The van der Waals surface area contributed by atoms with Crippen molar-refractivity contribution in [2.24, 2.45) is 0 Å². The fourth-order valence-corrected chi connectivity index (χ4v) is 22.6. The van der Waals surface area contributed by atoms with Crippen LogP contribution in [-0.2, 0) is 0 Å². The number of aromatic nitrogens is 4. The van der Waals surface area contributed by atoms with Gasteiger partial charge in [0.2, 0.25) is 0 Å². The third kappa shape index (κ3) is 14.2. The van der Waals surface area contributed by atoms with Gasteiger partial charge in [0.15, 0.2) is 0 Å². The molecule has 6 heterocycles. The van der Waals surface area contributed by atoms with Crippen LogP contribution in [0.3, 0.4) is 0 Å². The zero-order valence-electron chi connectivity index (χ0n) is 75.3. The molecule has 0 N–H and O–H groups in total. The molecule has 0 unspecified atom stereocenters. The van der Waals surface area contributed by atoms with E-state index in [-0.39, 0.29) is 0 Å². The van der Waals surface area contributed by atoms with E-state index in [0.29, 0.717) is 0 Å². The van der Waals surface area contributed by atoms with Crippen molar-refractivity contribution in [3.8, 4) is 123 Å². The Hall–Kier alpha value is -17.9. The average Bonchev–Trinajstić information content (AvgIpc) is 1.50. The Balaban J connectivity index is 0.000000107. The van der Waals surface area contributed by atoms with E-state index in [2.05, 4.69) is 528 Å². The minimum atomic E-state index is 0.915. The van der Waals surface area contributed by atoms with Gasteiger partial charge in [-0.15, -0.1) is 11.3 Å². The molecule has 5 nitrogen and oxygen atoms in total. The van der Waals surface area contributed by atoms with Crippen LogP contribution in [-0.4, -0.2) is 18.3 Å². The Morgan fingerprint density at radius 3 is 0.870 bits per heavy atom. The second-order valence-corrected chi connectivity index (χ2v) is 36.7. The summed E-state index contributed by atoms with van der Waals surface area (Å²) in [7, 11) is 0. The Morgan fingerprint density at radius 1 is 0.145 bits per heavy atom. The molecule has 0 fully saturated rings. The molecular weight excluding hydrogens is 1690 g/mol. The molecule has 0 spiro atoms. The molecule has 6 aromatic heterocycles. The van der Waals surface area contributed by atoms with Crippen molar-refractivity contribution in [3.63, 3.8) is 0 Å². The molecule has 0 saturated heterocycles. The Bertz CT molecular complexity index is 9590. The fourth-order valence-electron chi connectivity index (χ4n) is 21.3. The molecule has 28 aromatic rings. The molecule has 0 bridgehead atoms. The topological polar surface area (TPSA) is 32.9 Å². The number of thiophene rings is 1. The summed E-state index contributed by atoms with van der Waals surface area (Å²) in [5.74, 6) is 0. The standard InChI is InChI=1S/C48H32N2.C42H27NO.C42H27NS/c1-3-14-33(15-4-1)35-26-28-43-41-22-9-12-25-46(41)50(48(43)31-35)44-23-10-7-20-39(44)37-17-13-16-34(30-37)36-27-29-42-40-21-8-11-24-45(40)49(47(42)32-36)38-18-5-2-6-19-38;1-2-11-28(12-3-1)31-21-23-35-34-16-5-8-19-39(34)43(40(35)27-31)38-18-7-4-15-33(38)32-14-10-13-29(25-32)30-22-24-42-37(26-30)36-17-6-9-20-41(36)44-42;1-2-12-28(13-3-1)29-24-25-35-34-17-5-8-22-39(34)43(40(35)27-29)38-21-7-4-16-32(38)30-14-10-15-31(26-30)33-19-11-20-37-36-18-6-9-23-41(36)44-42(33)37/h1-32H;2*1-27H. The molecule has 646 valence electrons. The molecule has 28 rings (SSSR count). The van der Waals surface area contributed by atoms with Crippen LogP contribution >= 0.6 is 11.3 Å². The number of hydrogen-bond acceptors (Lipinski definition) is 2. The molecule has 22 aromatic carbocycles. The number of hydrogen-bond donors (Lipinski definition) is 0. The Kier molecular flexibility index (Phi) is 20.1. The molecule has 0 amide bonds. The van der Waals surface area contributed by atoms with E-state index >= 15 is 0 Å². The number of para-hydroxylation sites is 9. The monoisotopic (exact) mass is 1770 g/mol. The van der Waals surface area contributed by atoms with E-state index < -0.39 is 0 Å². The van der Waals surface area contributed by atoms with Crippen molar-refractivity contribution in [2.75, 3.05) is 0 Å². The highest BCUT2D eigenvalue weighted by molar-refractivity contribution is 7.26. The fraction of sp³-hybridized carbons (Fsp3) is 0. The van der Waals surface area contributed by atoms with Gasteiger partial charge in [-0.2, -0.15) is 0 Å². The largest absolute Gasteiger partial charge is 0.456 e. The minimum Gasteiger partial charge on any atom is -0.456 e. The summed E-state index contributed by atoms with van der Waals surface area (Å²) in [6.45, 7) is 0. The third-order valence-electron chi connectivity index (χ3n) is 27.7. The van der Waals surface area contributed by atoms with E-state index in [1.54, 1.807) is 0 Å². The zero-order chi connectivity index (χ0) is 91.1. The Labute approximate surface area is 802 Å². The van der Waals surface area contributed by atoms with Crippen LogP contribution in [0, 0.1) is 0 Å². The Morgan fingerprint density at radius 2 is 0.420 bits per heavy atom. The molecule has 0 radical (unpaired) electrons. The predicted molar refractivity (Wildman–Crippen MR) is 586 cm³/mol. The van der Waals surface area contributed by atoms with E-state index in [0.717, 1.165) is 27.6 Å². The van der Waals surface area contributed by atoms with E-state index in [4.69, 9.17) is 4.42 Å². The summed E-state index contributed by atoms with van der Waals surface area (Å²) >= 11 is 1.88. The molecule has 0 aliphatic carbocycles. The van der Waals surface area contributed by atoms with Gasteiger partial charge < -0.3 is 22.7 Å². The van der Waals surface area contributed by atoms with Gasteiger partial charge in [0.05, 0.1) is 61.2 Å². The number of benzene rings is 22. The van der Waals surface area contributed by atoms with Crippen LogP contribution in [0.25, 0.3) is 252 Å². The second-order valence-electron chi connectivity index (χ2n) is 35.7. The van der Waals surface area contributed by atoms with Crippen molar-refractivity contribution in [3.05, 3.63) is 522 Å². The van der Waals surface area contributed by atoms with Crippen LogP contribution in [0.2, 0.25) is 0 Å². The molecule has 6 heteroatoms. The highest BCUT2D eigenvalue weighted by Crippen LogP contribution is 2.48. The first-order chi connectivity index (χ1) is 68.5. The van der Waals surface area contributed by atoms with Crippen molar-refractivity contribution in [1.29, 1.82) is 0 Å². The summed E-state index contributed by atoms with van der Waals surface area (Å²) in [5.41, 5.74) is 37.9. The first-order valence-electron chi connectivity index (χ1n) is 47.2. The first-order valence-corrected chi connectivity index (χ1v) is 48.1. The summed E-state index contributed by atoms with van der Waals surface area (Å²) < 4.78 is 18.5. The SMILES string of the molecule is c1ccc(-c2ccc3c4ccccc4n(-c4ccccc4-c4cccc(-c5ccc6c7ccccc7n(-c7ccccc7)c6c5)c4)c3c2)cc1.c1ccc(-c2ccc3c4ccccc4n(-c4ccccc4-c4cccc(-c5ccc6oc7ccccc7c6c5)c4)c3c2)cc1.c1ccc(-c2ccc3c4ccccc4n(-c4ccccc4-c4cccc(-c5cccc6c5sc5ccccc56)c4)c3c2)cc1. The quantitative estimate of drug-likeness (QED) is 0.113. The lowest BCUT2D eigenvalue weighted by Crippen LogP contribution is -1.97. The van der Waals surface area contributed by atoms with Gasteiger partial charge in [0.25, 0.3) is 0 Å². The summed E-state index contributed by atoms with van der Waals surface area (Å²) in [6.07, 6.45) is 0. The van der Waals surface area contributed by atoms with Crippen molar-refractivity contribution < 1.29 is 4.42 Å². The van der Waals surface area contributed by atoms with Gasteiger partial charge >= 0.3 is 0 Å². The highest BCUT2D eigenvalue weighted by atomic mass is 32.1. The van der Waals surface area contributed by atoms with Crippen LogP contribution in [0.5, 0.6) is 0 Å². The van der Waals surface area contributed by atoms with E-state index in [1.807, 2.05) is 23.5 Å². The molecule has 0 atom stereocenters. The lowest BCUT2D eigenvalue weighted by molar-refractivity contribution is 0.669. The lowest BCUT2D eigenvalue weighted by atomic mass is 9.97. The predicted octanol–water partition coefficient (Wildman–Crippen LogP) is 36.7. The number of nitrogens with zero attached hydrogens (tertiary/aromatic N) is 4. The number of rotatable bonds is 13. The summed E-state index contributed by atoms with van der Waals surface area (Å²) in [5, 5.41) is 15.0. The molecular formula is C132H86N4OS. The maximum atomic E-state index is 6.10.